The molecule has 2 rings (SSSR count). The highest BCUT2D eigenvalue weighted by Crippen LogP contribution is 2.18. The normalized spacial score (nSPS) is 24.6. The van der Waals surface area contributed by atoms with Crippen molar-refractivity contribution < 1.29 is 14.7 Å². The second-order valence-corrected chi connectivity index (χ2v) is 4.57. The summed E-state index contributed by atoms with van der Waals surface area (Å²) < 4.78 is 0. The number of nitrogens with zero attached hydrogens (tertiary/aromatic N) is 2. The van der Waals surface area contributed by atoms with Crippen molar-refractivity contribution >= 4 is 11.9 Å². The van der Waals surface area contributed by atoms with E-state index in [-0.39, 0.29) is 18.5 Å². The number of hydrogen-bond donors (Lipinski definition) is 3. The van der Waals surface area contributed by atoms with Gasteiger partial charge in [-0.1, -0.05) is 0 Å². The van der Waals surface area contributed by atoms with Crippen LogP contribution >= 0.6 is 0 Å². The monoisotopic (exact) mass is 252 g/mol. The van der Waals surface area contributed by atoms with E-state index >= 15 is 0 Å². The number of carboxylic acid groups (broad SMARTS) is 1. The van der Waals surface area contributed by atoms with Gasteiger partial charge in [0, 0.05) is 25.3 Å². The zero-order valence-electron chi connectivity index (χ0n) is 9.87. The van der Waals surface area contributed by atoms with Gasteiger partial charge in [0.1, 0.15) is 0 Å². The Kier molecular flexibility index (Phi) is 3.61. The first kappa shape index (κ1) is 12.6. The third-order valence-corrected chi connectivity index (χ3v) is 3.16. The minimum atomic E-state index is -0.880. The second kappa shape index (κ2) is 5.18. The van der Waals surface area contributed by atoms with Crippen LogP contribution in [0.1, 0.15) is 23.2 Å². The molecule has 1 aromatic heterocycles. The maximum Gasteiger partial charge on any atom is 0.308 e. The zero-order valence-corrected chi connectivity index (χ0v) is 9.87. The number of likely N-dealkylation sites (tertiary alicyclic amines) is 1. The molecule has 0 spiro atoms. The van der Waals surface area contributed by atoms with E-state index in [4.69, 9.17) is 10.8 Å². The number of nitrogens with two attached hydrogens (primary N) is 1. The van der Waals surface area contributed by atoms with Crippen molar-refractivity contribution in [1.29, 1.82) is 0 Å². The minimum absolute atomic E-state index is 0.176. The SMILES string of the molecule is N[C@@H]1CC[C@H](C(=O)O)CN(C(=O)c2cn[nH]c2)C1. The lowest BCUT2D eigenvalue weighted by Gasteiger charge is -2.23. The van der Waals surface area contributed by atoms with Gasteiger partial charge in [-0.25, -0.2) is 0 Å². The molecule has 2 atom stereocenters. The number of rotatable bonds is 2. The molecule has 1 fully saturated rings. The third-order valence-electron chi connectivity index (χ3n) is 3.16. The predicted octanol–water partition coefficient (Wildman–Crippen LogP) is -0.326. The lowest BCUT2D eigenvalue weighted by Crippen LogP contribution is -2.41. The highest BCUT2D eigenvalue weighted by Gasteiger charge is 2.30. The van der Waals surface area contributed by atoms with Gasteiger partial charge in [0.2, 0.25) is 0 Å². The maximum atomic E-state index is 12.1. The molecule has 0 saturated carbocycles. The van der Waals surface area contributed by atoms with Gasteiger partial charge in [-0.15, -0.1) is 0 Å². The Labute approximate surface area is 104 Å². The van der Waals surface area contributed by atoms with Gasteiger partial charge < -0.3 is 15.7 Å². The summed E-state index contributed by atoms with van der Waals surface area (Å²) in [7, 11) is 0. The molecule has 0 unspecified atom stereocenters. The molecule has 7 nitrogen and oxygen atoms in total. The number of carbonyl (C=O) groups is 2. The van der Waals surface area contributed by atoms with Gasteiger partial charge in [0.25, 0.3) is 5.91 Å². The Bertz CT molecular complexity index is 432. The molecule has 0 aliphatic carbocycles. The number of hydrogen-bond acceptors (Lipinski definition) is 4. The largest absolute Gasteiger partial charge is 0.481 e. The van der Waals surface area contributed by atoms with Crippen LogP contribution in [0.5, 0.6) is 0 Å². The number of carboxylic acids is 1. The molecule has 0 bridgehead atoms. The van der Waals surface area contributed by atoms with Crippen LogP contribution in [-0.4, -0.2) is 51.2 Å². The smallest absolute Gasteiger partial charge is 0.308 e. The molecule has 7 heteroatoms. The Morgan fingerprint density at radius 2 is 2.22 bits per heavy atom. The fraction of sp³-hybridized carbons (Fsp3) is 0.545. The highest BCUT2D eigenvalue weighted by atomic mass is 16.4. The van der Waals surface area contributed by atoms with Crippen molar-refractivity contribution in [3.63, 3.8) is 0 Å². The van der Waals surface area contributed by atoms with Crippen LogP contribution in [0.4, 0.5) is 0 Å². The average molecular weight is 252 g/mol. The van der Waals surface area contributed by atoms with Crippen LogP contribution in [0.25, 0.3) is 0 Å². The Balaban J connectivity index is 2.14. The Morgan fingerprint density at radius 1 is 1.44 bits per heavy atom. The van der Waals surface area contributed by atoms with Crippen molar-refractivity contribution in [2.24, 2.45) is 11.7 Å². The second-order valence-electron chi connectivity index (χ2n) is 4.57. The summed E-state index contributed by atoms with van der Waals surface area (Å²) in [6.45, 7) is 0.584. The van der Waals surface area contributed by atoms with Gasteiger partial charge in [0.15, 0.2) is 0 Å². The Morgan fingerprint density at radius 3 is 2.83 bits per heavy atom. The third kappa shape index (κ3) is 2.67. The maximum absolute atomic E-state index is 12.1. The van der Waals surface area contributed by atoms with Crippen LogP contribution in [0, 0.1) is 5.92 Å². The summed E-state index contributed by atoms with van der Waals surface area (Å²) in [6, 6.07) is -0.176. The molecule has 1 saturated heterocycles. The molecule has 1 amide bonds. The van der Waals surface area contributed by atoms with Gasteiger partial charge in [0.05, 0.1) is 17.7 Å². The first-order valence-corrected chi connectivity index (χ1v) is 5.84. The topological polar surface area (TPSA) is 112 Å². The molecule has 4 N–H and O–H groups in total. The zero-order chi connectivity index (χ0) is 13.1. The fourth-order valence-corrected chi connectivity index (χ4v) is 2.14. The average Bonchev–Trinajstić information content (AvgIpc) is 2.78. The van der Waals surface area contributed by atoms with Crippen molar-refractivity contribution in [3.8, 4) is 0 Å². The summed E-state index contributed by atoms with van der Waals surface area (Å²) >= 11 is 0. The van der Waals surface area contributed by atoms with Gasteiger partial charge >= 0.3 is 5.97 Å². The summed E-state index contributed by atoms with van der Waals surface area (Å²) in [6.07, 6.45) is 4.04. The number of aromatic amines is 1. The molecule has 1 aliphatic rings. The van der Waals surface area contributed by atoms with Crippen LogP contribution in [-0.2, 0) is 4.79 Å². The minimum Gasteiger partial charge on any atom is -0.481 e. The van der Waals surface area contributed by atoms with Crippen LogP contribution < -0.4 is 5.73 Å². The van der Waals surface area contributed by atoms with E-state index in [0.29, 0.717) is 24.9 Å². The molecular formula is C11H16N4O3. The number of H-pyrrole nitrogens is 1. The van der Waals surface area contributed by atoms with Gasteiger partial charge in [-0.05, 0) is 12.8 Å². The number of aromatic nitrogens is 2. The molecule has 18 heavy (non-hydrogen) atoms. The fourth-order valence-electron chi connectivity index (χ4n) is 2.14. The van der Waals surface area contributed by atoms with E-state index in [1.165, 1.54) is 17.3 Å². The molecule has 98 valence electrons. The van der Waals surface area contributed by atoms with Crippen LogP contribution in [0.3, 0.4) is 0 Å². The van der Waals surface area contributed by atoms with Crippen molar-refractivity contribution in [2.75, 3.05) is 13.1 Å². The van der Waals surface area contributed by atoms with Crippen LogP contribution in [0.2, 0.25) is 0 Å². The quantitative estimate of drug-likeness (QED) is 0.667. The van der Waals surface area contributed by atoms with Gasteiger partial charge in [-0.2, -0.15) is 5.10 Å². The molecular weight excluding hydrogens is 236 g/mol. The number of amides is 1. The predicted molar refractivity (Wildman–Crippen MR) is 62.8 cm³/mol. The van der Waals surface area contributed by atoms with Crippen molar-refractivity contribution in [2.45, 2.75) is 18.9 Å². The van der Waals surface area contributed by atoms with Crippen molar-refractivity contribution in [1.82, 2.24) is 15.1 Å². The first-order valence-electron chi connectivity index (χ1n) is 5.84. The van der Waals surface area contributed by atoms with E-state index < -0.39 is 11.9 Å². The summed E-state index contributed by atoms with van der Waals surface area (Å²) in [5.74, 6) is -1.66. The molecule has 0 radical (unpaired) electrons. The lowest BCUT2D eigenvalue weighted by atomic mass is 10.0. The van der Waals surface area contributed by atoms with E-state index in [0.717, 1.165) is 0 Å². The van der Waals surface area contributed by atoms with Gasteiger partial charge in [-0.3, -0.25) is 14.7 Å². The summed E-state index contributed by atoms with van der Waals surface area (Å²) in [5.41, 5.74) is 6.29. The number of carbonyl (C=O) groups excluding carboxylic acids is 1. The number of nitrogens with one attached hydrogen (secondary N) is 1. The molecule has 1 aromatic rings. The van der Waals surface area contributed by atoms with E-state index in [1.807, 2.05) is 0 Å². The number of aliphatic carboxylic acids is 1. The van der Waals surface area contributed by atoms with Crippen molar-refractivity contribution in [3.05, 3.63) is 18.0 Å². The lowest BCUT2D eigenvalue weighted by molar-refractivity contribution is -0.142. The van der Waals surface area contributed by atoms with Crippen LogP contribution in [0.15, 0.2) is 12.4 Å². The Hall–Kier alpha value is -1.89. The van der Waals surface area contributed by atoms with E-state index in [2.05, 4.69) is 10.2 Å². The molecule has 2 heterocycles. The highest BCUT2D eigenvalue weighted by molar-refractivity contribution is 5.94. The van der Waals surface area contributed by atoms with E-state index in [9.17, 15) is 9.59 Å². The molecule has 1 aliphatic heterocycles. The van der Waals surface area contributed by atoms with E-state index in [1.54, 1.807) is 0 Å². The summed E-state index contributed by atoms with van der Waals surface area (Å²) in [5, 5.41) is 15.4. The molecule has 0 aromatic carbocycles. The standard InChI is InChI=1S/C11H16N4O3/c12-9-2-1-7(11(17)18)5-15(6-9)10(16)8-3-13-14-4-8/h3-4,7,9H,1-2,5-6,12H2,(H,13,14)(H,17,18)/t7-,9+/m0/s1. The summed E-state index contributed by atoms with van der Waals surface area (Å²) in [4.78, 5) is 24.7. The first-order chi connectivity index (χ1) is 8.58.